The van der Waals surface area contributed by atoms with Crippen LogP contribution in [0.25, 0.3) is 10.2 Å². The van der Waals surface area contributed by atoms with Crippen molar-refractivity contribution in [1.29, 1.82) is 0 Å². The molecule has 1 heterocycles. The molecule has 0 aliphatic heterocycles. The molecule has 1 aliphatic carbocycles. The minimum Gasteiger partial charge on any atom is -0.375 e. The second-order valence-corrected chi connectivity index (χ2v) is 6.41. The number of hydrogen-bond acceptors (Lipinski definition) is 4. The first-order valence-electron chi connectivity index (χ1n) is 6.54. The van der Waals surface area contributed by atoms with Crippen LogP contribution in [-0.2, 0) is 6.54 Å². The highest BCUT2D eigenvalue weighted by Crippen LogP contribution is 2.28. The highest BCUT2D eigenvalue weighted by molar-refractivity contribution is 7.22. The summed E-state index contributed by atoms with van der Waals surface area (Å²) in [4.78, 5) is 6.71. The van der Waals surface area contributed by atoms with Crippen LogP contribution in [0.1, 0.15) is 24.8 Å². The number of nitrogen functional groups attached to an aromatic ring is 1. The Bertz CT molecular complexity index is 545. The van der Waals surface area contributed by atoms with Crippen LogP contribution in [0.15, 0.2) is 18.2 Å². The maximum Gasteiger partial charge on any atom is 0.181 e. The number of nitrogens with two attached hydrogens (primary N) is 1. The van der Waals surface area contributed by atoms with E-state index in [4.69, 9.17) is 5.73 Å². The maximum atomic E-state index is 5.73. The Morgan fingerprint density at radius 1 is 1.44 bits per heavy atom. The third-order valence-corrected chi connectivity index (χ3v) is 4.56. The molecule has 0 unspecified atom stereocenters. The summed E-state index contributed by atoms with van der Waals surface area (Å²) in [6.45, 7) is 2.24. The smallest absolute Gasteiger partial charge is 0.181 e. The van der Waals surface area contributed by atoms with Crippen LogP contribution in [0.2, 0.25) is 0 Å². The summed E-state index contributed by atoms with van der Waals surface area (Å²) in [5, 5.41) is 0.657. The van der Waals surface area contributed by atoms with Gasteiger partial charge in [-0.2, -0.15) is 0 Å². The molecule has 96 valence electrons. The quantitative estimate of drug-likeness (QED) is 0.919. The molecule has 1 saturated carbocycles. The van der Waals surface area contributed by atoms with Gasteiger partial charge in [-0.05, 0) is 43.5 Å². The Morgan fingerprint density at radius 3 is 3.00 bits per heavy atom. The van der Waals surface area contributed by atoms with Crippen LogP contribution < -0.4 is 5.73 Å². The summed E-state index contributed by atoms with van der Waals surface area (Å²) >= 11 is 1.57. The highest BCUT2D eigenvalue weighted by atomic mass is 32.1. The highest BCUT2D eigenvalue weighted by Gasteiger charge is 2.18. The van der Waals surface area contributed by atoms with Crippen molar-refractivity contribution in [2.75, 3.05) is 19.3 Å². The molecule has 2 aromatic rings. The monoisotopic (exact) mass is 261 g/mol. The van der Waals surface area contributed by atoms with E-state index in [1.165, 1.54) is 36.1 Å². The molecule has 0 bridgehead atoms. The van der Waals surface area contributed by atoms with Crippen molar-refractivity contribution < 1.29 is 0 Å². The molecule has 0 radical (unpaired) electrons. The van der Waals surface area contributed by atoms with Crippen LogP contribution >= 0.6 is 11.3 Å². The summed E-state index contributed by atoms with van der Waals surface area (Å²) in [6, 6.07) is 6.47. The van der Waals surface area contributed by atoms with Crippen molar-refractivity contribution in [2.45, 2.75) is 25.8 Å². The molecule has 3 rings (SSSR count). The Morgan fingerprint density at radius 2 is 2.28 bits per heavy atom. The van der Waals surface area contributed by atoms with E-state index in [2.05, 4.69) is 35.1 Å². The van der Waals surface area contributed by atoms with Gasteiger partial charge < -0.3 is 10.6 Å². The van der Waals surface area contributed by atoms with Gasteiger partial charge in [0.05, 0.1) is 10.2 Å². The van der Waals surface area contributed by atoms with Crippen molar-refractivity contribution in [3.63, 3.8) is 0 Å². The molecule has 3 nitrogen and oxygen atoms in total. The summed E-state index contributed by atoms with van der Waals surface area (Å²) in [7, 11) is 2.21. The van der Waals surface area contributed by atoms with Crippen molar-refractivity contribution in [1.82, 2.24) is 9.88 Å². The van der Waals surface area contributed by atoms with E-state index in [-0.39, 0.29) is 0 Å². The molecule has 1 aromatic carbocycles. The first kappa shape index (κ1) is 11.9. The summed E-state index contributed by atoms with van der Waals surface area (Å²) < 4.78 is 1.20. The van der Waals surface area contributed by atoms with E-state index >= 15 is 0 Å². The fraction of sp³-hybridized carbons (Fsp3) is 0.500. The minimum absolute atomic E-state index is 0.657. The van der Waals surface area contributed by atoms with E-state index in [0.717, 1.165) is 18.0 Å². The van der Waals surface area contributed by atoms with Crippen LogP contribution in [0.3, 0.4) is 0 Å². The molecule has 0 amide bonds. The van der Waals surface area contributed by atoms with Crippen LogP contribution in [0, 0.1) is 5.92 Å². The Labute approximate surface area is 112 Å². The van der Waals surface area contributed by atoms with Gasteiger partial charge >= 0.3 is 0 Å². The van der Waals surface area contributed by atoms with Gasteiger partial charge in [-0.1, -0.05) is 23.8 Å². The number of anilines is 1. The van der Waals surface area contributed by atoms with Gasteiger partial charge in [0.15, 0.2) is 5.13 Å². The SMILES string of the molecule is CN(Cc1ccc2nc(N)sc2c1)CC1CCC1. The first-order valence-corrected chi connectivity index (χ1v) is 7.36. The van der Waals surface area contributed by atoms with Gasteiger partial charge in [-0.15, -0.1) is 0 Å². The molecule has 2 N–H and O–H groups in total. The first-order chi connectivity index (χ1) is 8.70. The third-order valence-electron chi connectivity index (χ3n) is 3.72. The minimum atomic E-state index is 0.657. The molecule has 0 saturated heterocycles. The maximum absolute atomic E-state index is 5.73. The zero-order valence-electron chi connectivity index (χ0n) is 10.7. The lowest BCUT2D eigenvalue weighted by molar-refractivity contribution is 0.200. The fourth-order valence-electron chi connectivity index (χ4n) is 2.58. The van der Waals surface area contributed by atoms with Crippen molar-refractivity contribution >= 4 is 26.7 Å². The van der Waals surface area contributed by atoms with E-state index < -0.39 is 0 Å². The van der Waals surface area contributed by atoms with E-state index in [9.17, 15) is 0 Å². The van der Waals surface area contributed by atoms with Gasteiger partial charge in [0.2, 0.25) is 0 Å². The Hall–Kier alpha value is -1.13. The molecular formula is C14H19N3S. The molecule has 1 aliphatic rings. The molecule has 0 atom stereocenters. The zero-order chi connectivity index (χ0) is 12.5. The number of nitrogens with zero attached hydrogens (tertiary/aromatic N) is 2. The van der Waals surface area contributed by atoms with Gasteiger partial charge in [0.25, 0.3) is 0 Å². The molecule has 4 heteroatoms. The number of aromatic nitrogens is 1. The summed E-state index contributed by atoms with van der Waals surface area (Å²) in [6.07, 6.45) is 4.24. The average molecular weight is 261 g/mol. The Kier molecular flexibility index (Phi) is 3.22. The third kappa shape index (κ3) is 2.49. The van der Waals surface area contributed by atoms with Gasteiger partial charge in [0.1, 0.15) is 0 Å². The average Bonchev–Trinajstić information content (AvgIpc) is 2.63. The predicted molar refractivity (Wildman–Crippen MR) is 77.7 cm³/mol. The van der Waals surface area contributed by atoms with E-state index in [1.807, 2.05) is 0 Å². The summed E-state index contributed by atoms with van der Waals surface area (Å²) in [5.74, 6) is 0.929. The molecular weight excluding hydrogens is 242 g/mol. The van der Waals surface area contributed by atoms with E-state index in [0.29, 0.717) is 5.13 Å². The normalized spacial score (nSPS) is 16.3. The number of hydrogen-bond donors (Lipinski definition) is 1. The van der Waals surface area contributed by atoms with Crippen molar-refractivity contribution in [3.05, 3.63) is 23.8 Å². The largest absolute Gasteiger partial charge is 0.375 e. The van der Waals surface area contributed by atoms with E-state index in [1.54, 1.807) is 11.3 Å². The summed E-state index contributed by atoms with van der Waals surface area (Å²) in [5.41, 5.74) is 8.10. The lowest BCUT2D eigenvalue weighted by atomic mass is 9.85. The number of benzene rings is 1. The molecule has 18 heavy (non-hydrogen) atoms. The lowest BCUT2D eigenvalue weighted by Crippen LogP contribution is -2.29. The molecule has 1 fully saturated rings. The van der Waals surface area contributed by atoms with Crippen LogP contribution in [-0.4, -0.2) is 23.5 Å². The topological polar surface area (TPSA) is 42.2 Å². The van der Waals surface area contributed by atoms with Crippen LogP contribution in [0.5, 0.6) is 0 Å². The predicted octanol–water partition coefficient (Wildman–Crippen LogP) is 3.11. The van der Waals surface area contributed by atoms with Gasteiger partial charge in [-0.3, -0.25) is 0 Å². The number of rotatable bonds is 4. The Balaban J connectivity index is 1.69. The zero-order valence-corrected chi connectivity index (χ0v) is 11.5. The van der Waals surface area contributed by atoms with Crippen LogP contribution in [0.4, 0.5) is 5.13 Å². The second-order valence-electron chi connectivity index (χ2n) is 5.35. The molecule has 0 spiro atoms. The number of thiazole rings is 1. The standard InChI is InChI=1S/C14H19N3S/c1-17(8-10-3-2-4-10)9-11-5-6-12-13(7-11)18-14(15)16-12/h5-7,10H,2-4,8-9H2,1H3,(H2,15,16). The fourth-order valence-corrected chi connectivity index (χ4v) is 3.38. The van der Waals surface area contributed by atoms with Crippen molar-refractivity contribution in [2.24, 2.45) is 5.92 Å². The van der Waals surface area contributed by atoms with Crippen molar-refractivity contribution in [3.8, 4) is 0 Å². The van der Waals surface area contributed by atoms with Gasteiger partial charge in [0, 0.05) is 13.1 Å². The second kappa shape index (κ2) is 4.86. The molecule has 1 aromatic heterocycles. The van der Waals surface area contributed by atoms with Gasteiger partial charge in [-0.25, -0.2) is 4.98 Å². The lowest BCUT2D eigenvalue weighted by Gasteiger charge is -2.30. The number of fused-ring (bicyclic) bond motifs is 1.